The molecule has 0 aromatic carbocycles. The Kier molecular flexibility index (Phi) is 4.11. The van der Waals surface area contributed by atoms with Crippen molar-refractivity contribution >= 4 is 5.91 Å². The molecule has 88 valence electrons. The number of carbonyl (C=O) groups excluding carboxylic acids is 1. The second-order valence-electron chi connectivity index (χ2n) is 4.60. The molecular formula is C11H22N2O2. The lowest BCUT2D eigenvalue weighted by Crippen LogP contribution is -2.54. The van der Waals surface area contributed by atoms with Crippen molar-refractivity contribution in [2.75, 3.05) is 27.3 Å². The van der Waals surface area contributed by atoms with Gasteiger partial charge in [-0.05, 0) is 33.7 Å². The first-order chi connectivity index (χ1) is 7.03. The molecule has 1 fully saturated rings. The minimum Gasteiger partial charge on any atom is -0.383 e. The predicted octanol–water partition coefficient (Wildman–Crippen LogP) is 0.622. The van der Waals surface area contributed by atoms with Crippen molar-refractivity contribution < 1.29 is 9.53 Å². The van der Waals surface area contributed by atoms with E-state index in [1.54, 1.807) is 7.11 Å². The molecule has 0 heterocycles. The van der Waals surface area contributed by atoms with Gasteiger partial charge in [0.2, 0.25) is 5.91 Å². The SMILES string of the molecule is CNC(C)(C)C(=O)N(CCOC)C1CC1. The summed E-state index contributed by atoms with van der Waals surface area (Å²) in [4.78, 5) is 14.1. The minimum absolute atomic E-state index is 0.171. The number of methoxy groups -OCH3 is 1. The number of ether oxygens (including phenoxy) is 1. The first-order valence-corrected chi connectivity index (χ1v) is 5.52. The van der Waals surface area contributed by atoms with Crippen molar-refractivity contribution in [3.05, 3.63) is 0 Å². The molecule has 0 atom stereocenters. The van der Waals surface area contributed by atoms with Crippen LogP contribution in [-0.4, -0.2) is 49.7 Å². The molecule has 4 heteroatoms. The van der Waals surface area contributed by atoms with Crippen LogP contribution in [0.15, 0.2) is 0 Å². The molecule has 4 nitrogen and oxygen atoms in total. The van der Waals surface area contributed by atoms with Gasteiger partial charge in [-0.1, -0.05) is 0 Å². The molecule has 0 aliphatic heterocycles. The van der Waals surface area contributed by atoms with Gasteiger partial charge in [0.15, 0.2) is 0 Å². The third-order valence-electron chi connectivity index (χ3n) is 2.94. The molecule has 1 aliphatic rings. The second-order valence-corrected chi connectivity index (χ2v) is 4.60. The second kappa shape index (κ2) is 4.94. The number of carbonyl (C=O) groups is 1. The lowest BCUT2D eigenvalue weighted by atomic mass is 10.0. The van der Waals surface area contributed by atoms with Crippen LogP contribution in [0, 0.1) is 0 Å². The number of amides is 1. The highest BCUT2D eigenvalue weighted by Crippen LogP contribution is 2.28. The van der Waals surface area contributed by atoms with Gasteiger partial charge in [0.25, 0.3) is 0 Å². The normalized spacial score (nSPS) is 16.5. The zero-order chi connectivity index (χ0) is 11.5. The average molecular weight is 214 g/mol. The van der Waals surface area contributed by atoms with Crippen LogP contribution in [-0.2, 0) is 9.53 Å². The Morgan fingerprint density at radius 2 is 2.13 bits per heavy atom. The maximum Gasteiger partial charge on any atom is 0.242 e. The molecule has 1 saturated carbocycles. The Morgan fingerprint density at radius 3 is 2.53 bits per heavy atom. The van der Waals surface area contributed by atoms with Crippen molar-refractivity contribution in [3.8, 4) is 0 Å². The minimum atomic E-state index is -0.476. The molecule has 0 spiro atoms. The molecule has 0 unspecified atom stereocenters. The molecule has 0 aromatic rings. The Balaban J connectivity index is 2.58. The van der Waals surface area contributed by atoms with Gasteiger partial charge in [0.1, 0.15) is 0 Å². The van der Waals surface area contributed by atoms with E-state index in [0.29, 0.717) is 19.2 Å². The maximum atomic E-state index is 12.2. The molecule has 15 heavy (non-hydrogen) atoms. The van der Waals surface area contributed by atoms with Crippen LogP contribution >= 0.6 is 0 Å². The zero-order valence-electron chi connectivity index (χ0n) is 10.2. The van der Waals surface area contributed by atoms with E-state index in [2.05, 4.69) is 5.32 Å². The van der Waals surface area contributed by atoms with E-state index in [9.17, 15) is 4.79 Å². The summed E-state index contributed by atoms with van der Waals surface area (Å²) in [5.41, 5.74) is -0.476. The van der Waals surface area contributed by atoms with Gasteiger partial charge in [-0.2, -0.15) is 0 Å². The molecular weight excluding hydrogens is 192 g/mol. The van der Waals surface area contributed by atoms with E-state index in [1.165, 1.54) is 0 Å². The van der Waals surface area contributed by atoms with E-state index >= 15 is 0 Å². The summed E-state index contributed by atoms with van der Waals surface area (Å²) in [7, 11) is 3.48. The summed E-state index contributed by atoms with van der Waals surface area (Å²) in [6.07, 6.45) is 2.27. The fourth-order valence-corrected chi connectivity index (χ4v) is 1.49. The predicted molar refractivity (Wildman–Crippen MR) is 59.7 cm³/mol. The summed E-state index contributed by atoms with van der Waals surface area (Å²) in [5.74, 6) is 0.171. The highest BCUT2D eigenvalue weighted by molar-refractivity contribution is 5.86. The van der Waals surface area contributed by atoms with Gasteiger partial charge in [0.05, 0.1) is 12.1 Å². The molecule has 0 radical (unpaired) electrons. The third-order valence-corrected chi connectivity index (χ3v) is 2.94. The van der Waals surface area contributed by atoms with Gasteiger partial charge in [-0.3, -0.25) is 4.79 Å². The van der Waals surface area contributed by atoms with Crippen LogP contribution in [0.2, 0.25) is 0 Å². The van der Waals surface area contributed by atoms with Gasteiger partial charge < -0.3 is 15.0 Å². The van der Waals surface area contributed by atoms with Crippen molar-refractivity contribution in [1.82, 2.24) is 10.2 Å². The third kappa shape index (κ3) is 3.18. The van der Waals surface area contributed by atoms with Crippen LogP contribution in [0.3, 0.4) is 0 Å². The van der Waals surface area contributed by atoms with Crippen molar-refractivity contribution in [1.29, 1.82) is 0 Å². The number of nitrogens with one attached hydrogen (secondary N) is 1. The monoisotopic (exact) mass is 214 g/mol. The van der Waals surface area contributed by atoms with E-state index in [-0.39, 0.29) is 5.91 Å². The van der Waals surface area contributed by atoms with Crippen LogP contribution in [0.4, 0.5) is 0 Å². The summed E-state index contributed by atoms with van der Waals surface area (Å²) in [6.45, 7) is 5.14. The molecule has 1 rings (SSSR count). The highest BCUT2D eigenvalue weighted by atomic mass is 16.5. The van der Waals surface area contributed by atoms with Crippen molar-refractivity contribution in [2.45, 2.75) is 38.3 Å². The molecule has 1 amide bonds. The first-order valence-electron chi connectivity index (χ1n) is 5.52. The fourth-order valence-electron chi connectivity index (χ4n) is 1.49. The number of hydrogen-bond acceptors (Lipinski definition) is 3. The number of nitrogens with zero attached hydrogens (tertiary/aromatic N) is 1. The molecule has 0 aromatic heterocycles. The van der Waals surface area contributed by atoms with Gasteiger partial charge >= 0.3 is 0 Å². The van der Waals surface area contributed by atoms with E-state index in [1.807, 2.05) is 25.8 Å². The van der Waals surface area contributed by atoms with Crippen LogP contribution in [0.5, 0.6) is 0 Å². The standard InChI is InChI=1S/C11H22N2O2/c1-11(2,12-3)10(14)13(7-8-15-4)9-5-6-9/h9,12H,5-8H2,1-4H3. The summed E-state index contributed by atoms with van der Waals surface area (Å²) < 4.78 is 5.03. The number of rotatable bonds is 6. The largest absolute Gasteiger partial charge is 0.383 e. The molecule has 0 bridgehead atoms. The van der Waals surface area contributed by atoms with E-state index in [4.69, 9.17) is 4.74 Å². The van der Waals surface area contributed by atoms with E-state index < -0.39 is 5.54 Å². The summed E-state index contributed by atoms with van der Waals surface area (Å²) in [5, 5.41) is 3.05. The van der Waals surface area contributed by atoms with Crippen LogP contribution in [0.1, 0.15) is 26.7 Å². The number of hydrogen-bond donors (Lipinski definition) is 1. The smallest absolute Gasteiger partial charge is 0.242 e. The maximum absolute atomic E-state index is 12.2. The lowest BCUT2D eigenvalue weighted by molar-refractivity contribution is -0.138. The Bertz CT molecular complexity index is 225. The molecule has 0 saturated heterocycles. The molecule has 1 N–H and O–H groups in total. The number of likely N-dealkylation sites (N-methyl/N-ethyl adjacent to an activating group) is 1. The van der Waals surface area contributed by atoms with Crippen LogP contribution < -0.4 is 5.32 Å². The highest BCUT2D eigenvalue weighted by Gasteiger charge is 2.38. The van der Waals surface area contributed by atoms with Crippen LogP contribution in [0.25, 0.3) is 0 Å². The Morgan fingerprint density at radius 1 is 1.53 bits per heavy atom. The summed E-state index contributed by atoms with van der Waals surface area (Å²) in [6, 6.07) is 0.445. The van der Waals surface area contributed by atoms with Crippen molar-refractivity contribution in [2.24, 2.45) is 0 Å². The van der Waals surface area contributed by atoms with Crippen molar-refractivity contribution in [3.63, 3.8) is 0 Å². The lowest BCUT2D eigenvalue weighted by Gasteiger charge is -2.31. The average Bonchev–Trinajstić information content (AvgIpc) is 3.02. The van der Waals surface area contributed by atoms with Gasteiger partial charge in [-0.15, -0.1) is 0 Å². The Hall–Kier alpha value is -0.610. The van der Waals surface area contributed by atoms with Gasteiger partial charge in [0, 0.05) is 19.7 Å². The van der Waals surface area contributed by atoms with Gasteiger partial charge in [-0.25, -0.2) is 0 Å². The quantitative estimate of drug-likeness (QED) is 0.705. The first kappa shape index (κ1) is 12.5. The summed E-state index contributed by atoms with van der Waals surface area (Å²) >= 11 is 0. The zero-order valence-corrected chi connectivity index (χ0v) is 10.2. The molecule has 1 aliphatic carbocycles. The topological polar surface area (TPSA) is 41.6 Å². The fraction of sp³-hybridized carbons (Fsp3) is 0.909. The van der Waals surface area contributed by atoms with E-state index in [0.717, 1.165) is 12.8 Å². The Labute approximate surface area is 92.0 Å².